The molecule has 0 saturated heterocycles. The Kier molecular flexibility index (Phi) is 3.32. The summed E-state index contributed by atoms with van der Waals surface area (Å²) in [4.78, 5) is 15.7. The summed E-state index contributed by atoms with van der Waals surface area (Å²) in [5.74, 6) is 0.126. The second-order valence-electron chi connectivity index (χ2n) is 3.86. The van der Waals surface area contributed by atoms with E-state index in [1.54, 1.807) is 16.2 Å². The van der Waals surface area contributed by atoms with Crippen molar-refractivity contribution in [1.29, 1.82) is 0 Å². The third kappa shape index (κ3) is 2.15. The van der Waals surface area contributed by atoms with Crippen molar-refractivity contribution in [3.05, 3.63) is 21.4 Å². The maximum absolute atomic E-state index is 11.9. The molecule has 0 aromatic carbocycles. The van der Waals surface area contributed by atoms with Gasteiger partial charge in [-0.1, -0.05) is 0 Å². The van der Waals surface area contributed by atoms with Crippen LogP contribution in [0.1, 0.15) is 34.0 Å². The molecular formula is C11H17NOS. The van der Waals surface area contributed by atoms with Crippen molar-refractivity contribution in [1.82, 2.24) is 4.90 Å². The standard InChI is InChI=1S/C11H17NOS/c1-7(2)12(5)11(13)10-6-8(3)9(4)14-10/h6-7H,1-5H3. The average Bonchev–Trinajstić information content (AvgIpc) is 2.44. The second-order valence-corrected chi connectivity index (χ2v) is 5.12. The van der Waals surface area contributed by atoms with E-state index in [1.165, 1.54) is 10.4 Å². The molecule has 0 aliphatic carbocycles. The quantitative estimate of drug-likeness (QED) is 0.736. The van der Waals surface area contributed by atoms with Gasteiger partial charge in [0.1, 0.15) is 0 Å². The van der Waals surface area contributed by atoms with E-state index in [1.807, 2.05) is 40.8 Å². The van der Waals surface area contributed by atoms with Gasteiger partial charge in [-0.15, -0.1) is 11.3 Å². The van der Waals surface area contributed by atoms with Crippen LogP contribution in [0.15, 0.2) is 6.07 Å². The molecule has 0 aliphatic rings. The predicted octanol–water partition coefficient (Wildman–Crippen LogP) is 2.85. The number of amides is 1. The summed E-state index contributed by atoms with van der Waals surface area (Å²) >= 11 is 1.58. The number of nitrogens with zero attached hydrogens (tertiary/aromatic N) is 1. The third-order valence-corrected chi connectivity index (χ3v) is 3.61. The van der Waals surface area contributed by atoms with Crippen LogP contribution in [0, 0.1) is 13.8 Å². The largest absolute Gasteiger partial charge is 0.339 e. The first-order valence-electron chi connectivity index (χ1n) is 4.77. The summed E-state index contributed by atoms with van der Waals surface area (Å²) in [7, 11) is 1.84. The van der Waals surface area contributed by atoms with Gasteiger partial charge in [-0.2, -0.15) is 0 Å². The van der Waals surface area contributed by atoms with Crippen LogP contribution in [0.5, 0.6) is 0 Å². The molecule has 1 rings (SSSR count). The van der Waals surface area contributed by atoms with E-state index in [9.17, 15) is 4.79 Å². The Bertz CT molecular complexity index is 322. The van der Waals surface area contributed by atoms with Crippen LogP contribution in [-0.2, 0) is 0 Å². The molecule has 3 heteroatoms. The lowest BCUT2D eigenvalue weighted by molar-refractivity contribution is 0.0760. The summed E-state index contributed by atoms with van der Waals surface area (Å²) in [6.07, 6.45) is 0. The molecule has 0 fully saturated rings. The van der Waals surface area contributed by atoms with Gasteiger partial charge in [0, 0.05) is 18.0 Å². The van der Waals surface area contributed by atoms with Gasteiger partial charge >= 0.3 is 0 Å². The van der Waals surface area contributed by atoms with Gasteiger partial charge in [0.15, 0.2) is 0 Å². The lowest BCUT2D eigenvalue weighted by atomic mass is 10.2. The Hall–Kier alpha value is -0.830. The molecule has 0 atom stereocenters. The van der Waals surface area contributed by atoms with E-state index in [2.05, 4.69) is 0 Å². The molecule has 0 aliphatic heterocycles. The zero-order valence-electron chi connectivity index (χ0n) is 9.42. The van der Waals surface area contributed by atoms with Gasteiger partial charge in [-0.05, 0) is 39.3 Å². The minimum Gasteiger partial charge on any atom is -0.339 e. The number of thiophene rings is 1. The molecule has 0 spiro atoms. The first kappa shape index (κ1) is 11.2. The van der Waals surface area contributed by atoms with Crippen molar-refractivity contribution < 1.29 is 4.79 Å². The fourth-order valence-corrected chi connectivity index (χ4v) is 2.10. The molecule has 1 aromatic rings. The van der Waals surface area contributed by atoms with E-state index >= 15 is 0 Å². The monoisotopic (exact) mass is 211 g/mol. The smallest absolute Gasteiger partial charge is 0.263 e. The van der Waals surface area contributed by atoms with Crippen LogP contribution >= 0.6 is 11.3 Å². The number of aryl methyl sites for hydroxylation is 2. The van der Waals surface area contributed by atoms with E-state index in [4.69, 9.17) is 0 Å². The summed E-state index contributed by atoms with van der Waals surface area (Å²) < 4.78 is 0. The average molecular weight is 211 g/mol. The van der Waals surface area contributed by atoms with Gasteiger partial charge in [0.05, 0.1) is 4.88 Å². The van der Waals surface area contributed by atoms with Crippen molar-refractivity contribution in [3.63, 3.8) is 0 Å². The van der Waals surface area contributed by atoms with Gasteiger partial charge < -0.3 is 4.90 Å². The number of carbonyl (C=O) groups is 1. The van der Waals surface area contributed by atoms with Gasteiger partial charge in [0.25, 0.3) is 5.91 Å². The van der Waals surface area contributed by atoms with E-state index in [0.717, 1.165) is 4.88 Å². The van der Waals surface area contributed by atoms with Crippen molar-refractivity contribution >= 4 is 17.2 Å². The van der Waals surface area contributed by atoms with Crippen LogP contribution in [-0.4, -0.2) is 23.9 Å². The maximum Gasteiger partial charge on any atom is 0.263 e. The van der Waals surface area contributed by atoms with E-state index < -0.39 is 0 Å². The predicted molar refractivity (Wildman–Crippen MR) is 61.0 cm³/mol. The highest BCUT2D eigenvalue weighted by Crippen LogP contribution is 2.22. The Morgan fingerprint density at radius 1 is 1.43 bits per heavy atom. The van der Waals surface area contributed by atoms with Crippen LogP contribution in [0.2, 0.25) is 0 Å². The Morgan fingerprint density at radius 2 is 2.00 bits per heavy atom. The molecule has 0 N–H and O–H groups in total. The molecule has 1 heterocycles. The molecule has 0 saturated carbocycles. The van der Waals surface area contributed by atoms with Crippen LogP contribution in [0.4, 0.5) is 0 Å². The molecule has 1 aromatic heterocycles. The van der Waals surface area contributed by atoms with Crippen LogP contribution in [0.25, 0.3) is 0 Å². The number of hydrogen-bond donors (Lipinski definition) is 0. The summed E-state index contributed by atoms with van der Waals surface area (Å²) in [5.41, 5.74) is 1.20. The SMILES string of the molecule is Cc1cc(C(=O)N(C)C(C)C)sc1C. The third-order valence-electron chi connectivity index (χ3n) is 2.47. The normalized spacial score (nSPS) is 10.7. The molecule has 2 nitrogen and oxygen atoms in total. The lowest BCUT2D eigenvalue weighted by Crippen LogP contribution is -2.32. The second kappa shape index (κ2) is 4.13. The van der Waals surface area contributed by atoms with Crippen molar-refractivity contribution in [3.8, 4) is 0 Å². The highest BCUT2D eigenvalue weighted by molar-refractivity contribution is 7.14. The highest BCUT2D eigenvalue weighted by atomic mass is 32.1. The van der Waals surface area contributed by atoms with Crippen molar-refractivity contribution in [2.45, 2.75) is 33.7 Å². The summed E-state index contributed by atoms with van der Waals surface area (Å²) in [6.45, 7) is 8.13. The molecule has 0 unspecified atom stereocenters. The lowest BCUT2D eigenvalue weighted by Gasteiger charge is -2.20. The Balaban J connectivity index is 2.90. The van der Waals surface area contributed by atoms with Crippen molar-refractivity contribution in [2.24, 2.45) is 0 Å². The van der Waals surface area contributed by atoms with E-state index in [0.29, 0.717) is 0 Å². The number of rotatable bonds is 2. The molecule has 78 valence electrons. The van der Waals surface area contributed by atoms with Gasteiger partial charge in [0.2, 0.25) is 0 Å². The Labute approximate surface area is 89.5 Å². The number of hydrogen-bond acceptors (Lipinski definition) is 2. The van der Waals surface area contributed by atoms with Crippen LogP contribution in [0.3, 0.4) is 0 Å². The summed E-state index contributed by atoms with van der Waals surface area (Å²) in [6, 6.07) is 2.23. The van der Waals surface area contributed by atoms with Gasteiger partial charge in [-0.25, -0.2) is 0 Å². The maximum atomic E-state index is 11.9. The number of carbonyl (C=O) groups excluding carboxylic acids is 1. The molecule has 0 bridgehead atoms. The zero-order valence-corrected chi connectivity index (χ0v) is 10.2. The fourth-order valence-electron chi connectivity index (χ4n) is 1.09. The molecule has 14 heavy (non-hydrogen) atoms. The van der Waals surface area contributed by atoms with E-state index in [-0.39, 0.29) is 11.9 Å². The minimum atomic E-state index is 0.126. The first-order chi connectivity index (χ1) is 6.43. The topological polar surface area (TPSA) is 20.3 Å². The Morgan fingerprint density at radius 3 is 2.36 bits per heavy atom. The highest BCUT2D eigenvalue weighted by Gasteiger charge is 2.16. The fraction of sp³-hybridized carbons (Fsp3) is 0.545. The van der Waals surface area contributed by atoms with Crippen molar-refractivity contribution in [2.75, 3.05) is 7.05 Å². The molecule has 1 amide bonds. The summed E-state index contributed by atoms with van der Waals surface area (Å²) in [5, 5.41) is 0. The first-order valence-corrected chi connectivity index (χ1v) is 5.59. The minimum absolute atomic E-state index is 0.126. The zero-order chi connectivity index (χ0) is 10.9. The molecule has 0 radical (unpaired) electrons. The molecular weight excluding hydrogens is 194 g/mol. The van der Waals surface area contributed by atoms with Gasteiger partial charge in [-0.3, -0.25) is 4.79 Å². The van der Waals surface area contributed by atoms with Crippen LogP contribution < -0.4 is 0 Å².